The molecule has 168 valence electrons. The van der Waals surface area contributed by atoms with Gasteiger partial charge >= 0.3 is 0 Å². The molecule has 0 atom stereocenters. The van der Waals surface area contributed by atoms with Gasteiger partial charge in [-0.2, -0.15) is 10.4 Å². The van der Waals surface area contributed by atoms with Crippen molar-refractivity contribution in [1.82, 2.24) is 15.4 Å². The summed E-state index contributed by atoms with van der Waals surface area (Å²) in [6, 6.07) is 15.4. The van der Waals surface area contributed by atoms with Crippen LogP contribution >= 0.6 is 11.3 Å². The van der Waals surface area contributed by atoms with Gasteiger partial charge in [-0.25, -0.2) is 10.4 Å². The van der Waals surface area contributed by atoms with Gasteiger partial charge in [0.1, 0.15) is 11.6 Å². The largest absolute Gasteiger partial charge is 0.504 e. The Labute approximate surface area is 198 Å². The lowest BCUT2D eigenvalue weighted by Crippen LogP contribution is -2.25. The predicted octanol–water partition coefficient (Wildman–Crippen LogP) is 3.68. The molecular weight excluding hydrogens is 454 g/mol. The van der Waals surface area contributed by atoms with Gasteiger partial charge in [-0.15, -0.1) is 11.3 Å². The molecule has 3 N–H and O–H groups in total. The Balaban J connectivity index is 1.54. The van der Waals surface area contributed by atoms with E-state index >= 15 is 0 Å². The molecule has 1 aromatic carbocycles. The summed E-state index contributed by atoms with van der Waals surface area (Å²) >= 11 is 1.49. The number of hydrogen-bond acceptors (Lipinski definition) is 9. The first-order chi connectivity index (χ1) is 16.5. The first-order valence-electron chi connectivity index (χ1n) is 9.91. The van der Waals surface area contributed by atoms with E-state index in [-0.39, 0.29) is 22.9 Å². The van der Waals surface area contributed by atoms with E-state index in [0.29, 0.717) is 16.8 Å². The minimum atomic E-state index is -0.572. The van der Waals surface area contributed by atoms with Crippen molar-refractivity contribution >= 4 is 23.5 Å². The summed E-state index contributed by atoms with van der Waals surface area (Å²) in [5.74, 6) is -1.10. The van der Waals surface area contributed by atoms with Crippen molar-refractivity contribution < 1.29 is 19.7 Å². The highest BCUT2D eigenvalue weighted by Gasteiger charge is 2.18. The molecule has 0 aliphatic carbocycles. The maximum atomic E-state index is 12.2. The van der Waals surface area contributed by atoms with Gasteiger partial charge in [-0.3, -0.25) is 9.78 Å². The smallest absolute Gasteiger partial charge is 0.278 e. The first kappa shape index (κ1) is 22.4. The Morgan fingerprint density at radius 2 is 2.00 bits per heavy atom. The summed E-state index contributed by atoms with van der Waals surface area (Å²) in [5, 5.41) is 34.4. The van der Waals surface area contributed by atoms with Gasteiger partial charge in [0.15, 0.2) is 18.1 Å². The van der Waals surface area contributed by atoms with Crippen molar-refractivity contribution in [1.29, 1.82) is 5.26 Å². The number of aromatic hydroxyl groups is 2. The summed E-state index contributed by atoms with van der Waals surface area (Å²) < 4.78 is 5.62. The van der Waals surface area contributed by atoms with E-state index < -0.39 is 12.5 Å². The molecule has 0 bridgehead atoms. The highest BCUT2D eigenvalue weighted by Crippen LogP contribution is 2.34. The number of amides is 1. The normalized spacial score (nSPS) is 10.7. The number of carbonyl (C=O) groups excluding carboxylic acids is 1. The van der Waals surface area contributed by atoms with E-state index in [0.717, 1.165) is 10.4 Å². The number of ether oxygens (including phenoxy) is 1. The molecule has 34 heavy (non-hydrogen) atoms. The summed E-state index contributed by atoms with van der Waals surface area (Å²) in [6.45, 7) is -0.427. The molecule has 3 heterocycles. The second-order valence-corrected chi connectivity index (χ2v) is 7.84. The van der Waals surface area contributed by atoms with Gasteiger partial charge < -0.3 is 14.9 Å². The number of pyridine rings is 2. The van der Waals surface area contributed by atoms with Gasteiger partial charge in [0.05, 0.1) is 16.8 Å². The van der Waals surface area contributed by atoms with Crippen molar-refractivity contribution in [3.8, 4) is 45.1 Å². The van der Waals surface area contributed by atoms with Gasteiger partial charge in [0.2, 0.25) is 5.88 Å². The molecular formula is C24H17N5O4S. The molecule has 0 saturated heterocycles. The molecule has 0 aliphatic heterocycles. The molecule has 3 aromatic heterocycles. The van der Waals surface area contributed by atoms with Gasteiger partial charge in [0.25, 0.3) is 5.91 Å². The zero-order valence-corrected chi connectivity index (χ0v) is 18.4. The number of nitrogens with one attached hydrogen (secondary N) is 1. The highest BCUT2D eigenvalue weighted by atomic mass is 32.1. The number of rotatable bonds is 7. The second kappa shape index (κ2) is 10.2. The number of thiophene rings is 1. The molecule has 0 radical (unpaired) electrons. The zero-order chi connectivity index (χ0) is 23.9. The number of phenolic OH excluding ortho intramolecular Hbond substituents is 2. The van der Waals surface area contributed by atoms with Crippen molar-refractivity contribution in [2.75, 3.05) is 6.61 Å². The maximum absolute atomic E-state index is 12.2. The van der Waals surface area contributed by atoms with Crippen LogP contribution in [0.4, 0.5) is 0 Å². The summed E-state index contributed by atoms with van der Waals surface area (Å²) in [4.78, 5) is 21.6. The Kier molecular flexibility index (Phi) is 6.76. The Bertz CT molecular complexity index is 1380. The van der Waals surface area contributed by atoms with Crippen molar-refractivity contribution in [2.45, 2.75) is 0 Å². The van der Waals surface area contributed by atoms with Gasteiger partial charge in [-0.05, 0) is 59.0 Å². The van der Waals surface area contributed by atoms with Gasteiger partial charge in [0, 0.05) is 18.0 Å². The zero-order valence-electron chi connectivity index (χ0n) is 17.5. The molecule has 1 amide bonds. The number of carbonyl (C=O) groups is 1. The molecule has 0 unspecified atom stereocenters. The number of nitrogens with zero attached hydrogens (tertiary/aromatic N) is 4. The van der Waals surface area contributed by atoms with E-state index in [4.69, 9.17) is 4.74 Å². The van der Waals surface area contributed by atoms with Crippen LogP contribution in [0.1, 0.15) is 11.1 Å². The molecule has 10 heteroatoms. The van der Waals surface area contributed by atoms with E-state index in [1.807, 2.05) is 23.6 Å². The number of benzene rings is 1. The Morgan fingerprint density at radius 1 is 1.18 bits per heavy atom. The third kappa shape index (κ3) is 5.17. The quantitative estimate of drug-likeness (QED) is 0.212. The summed E-state index contributed by atoms with van der Waals surface area (Å²) in [7, 11) is 0. The average molecular weight is 471 g/mol. The van der Waals surface area contributed by atoms with Crippen molar-refractivity contribution in [2.24, 2.45) is 5.10 Å². The SMILES string of the molecule is N#Cc1c(-c2ccncc2)cc(-c2cccs2)nc1OCC(=O)N/N=C/c1ccc(O)c(O)c1. The number of hydrazone groups is 1. The Morgan fingerprint density at radius 3 is 2.71 bits per heavy atom. The van der Waals surface area contributed by atoms with Crippen LogP contribution < -0.4 is 10.2 Å². The summed E-state index contributed by atoms with van der Waals surface area (Å²) in [6.07, 6.45) is 4.55. The van der Waals surface area contributed by atoms with Crippen LogP contribution in [0.5, 0.6) is 17.4 Å². The van der Waals surface area contributed by atoms with E-state index in [1.54, 1.807) is 24.5 Å². The summed E-state index contributed by atoms with van der Waals surface area (Å²) in [5.41, 5.74) is 4.96. The lowest BCUT2D eigenvalue weighted by molar-refractivity contribution is -0.123. The average Bonchev–Trinajstić information content (AvgIpc) is 3.40. The third-order valence-electron chi connectivity index (χ3n) is 4.61. The highest BCUT2D eigenvalue weighted by molar-refractivity contribution is 7.13. The molecule has 4 rings (SSSR count). The minimum Gasteiger partial charge on any atom is -0.504 e. The van der Waals surface area contributed by atoms with Crippen molar-refractivity contribution in [3.63, 3.8) is 0 Å². The molecule has 0 fully saturated rings. The lowest BCUT2D eigenvalue weighted by Gasteiger charge is -2.12. The van der Waals surface area contributed by atoms with Gasteiger partial charge in [-0.1, -0.05) is 6.07 Å². The van der Waals surface area contributed by atoms with E-state index in [2.05, 4.69) is 26.6 Å². The van der Waals surface area contributed by atoms with Crippen molar-refractivity contribution in [3.05, 3.63) is 77.4 Å². The number of nitriles is 1. The number of aromatic nitrogens is 2. The van der Waals surface area contributed by atoms with E-state index in [9.17, 15) is 20.3 Å². The van der Waals surface area contributed by atoms with Crippen LogP contribution in [-0.2, 0) is 4.79 Å². The Hall–Kier alpha value is -4.75. The van der Waals surface area contributed by atoms with Crippen LogP contribution in [0, 0.1) is 11.3 Å². The number of hydrogen-bond donors (Lipinski definition) is 3. The number of phenols is 2. The van der Waals surface area contributed by atoms with Crippen LogP contribution in [0.15, 0.2) is 71.4 Å². The standard InChI is InChI=1S/C24H17N5O4S/c25-12-18-17(16-5-7-26-8-6-16)11-19(22-2-1-9-34-22)28-24(18)33-14-23(32)29-27-13-15-3-4-20(30)21(31)10-15/h1-11,13,30-31H,14H2,(H,29,32)/b27-13+. The third-order valence-corrected chi connectivity index (χ3v) is 5.50. The predicted molar refractivity (Wildman–Crippen MR) is 126 cm³/mol. The van der Waals surface area contributed by atoms with Crippen LogP contribution in [-0.4, -0.2) is 38.9 Å². The fourth-order valence-electron chi connectivity index (χ4n) is 3.01. The minimum absolute atomic E-state index is 0.0304. The molecule has 9 nitrogen and oxygen atoms in total. The fraction of sp³-hybridized carbons (Fsp3) is 0.0417. The monoisotopic (exact) mass is 471 g/mol. The molecule has 4 aromatic rings. The van der Waals surface area contributed by atoms with Crippen LogP contribution in [0.25, 0.3) is 21.7 Å². The van der Waals surface area contributed by atoms with Crippen LogP contribution in [0.2, 0.25) is 0 Å². The molecule has 0 aliphatic rings. The first-order valence-corrected chi connectivity index (χ1v) is 10.8. The van der Waals surface area contributed by atoms with E-state index in [1.165, 1.54) is 35.8 Å². The van der Waals surface area contributed by atoms with Crippen LogP contribution in [0.3, 0.4) is 0 Å². The second-order valence-electron chi connectivity index (χ2n) is 6.89. The topological polar surface area (TPSA) is 141 Å². The molecule has 0 spiro atoms. The fourth-order valence-corrected chi connectivity index (χ4v) is 3.70. The lowest BCUT2D eigenvalue weighted by atomic mass is 10.0. The molecule has 0 saturated carbocycles. The maximum Gasteiger partial charge on any atom is 0.278 e.